The molecule has 9 nitrogen and oxygen atoms in total. The number of aromatic nitrogens is 7. The van der Waals surface area contributed by atoms with Crippen molar-refractivity contribution in [3.05, 3.63) is 77.3 Å². The lowest BCUT2D eigenvalue weighted by atomic mass is 10.0. The molecule has 1 atom stereocenters. The number of nitrogens with one attached hydrogen (secondary N) is 1. The lowest BCUT2D eigenvalue weighted by Gasteiger charge is -2.32. The molecule has 0 bridgehead atoms. The van der Waals surface area contributed by atoms with Gasteiger partial charge in [-0.05, 0) is 36.8 Å². The van der Waals surface area contributed by atoms with Crippen LogP contribution in [-0.2, 0) is 6.42 Å². The van der Waals surface area contributed by atoms with Gasteiger partial charge < -0.3 is 14.3 Å². The number of anilines is 1. The summed E-state index contributed by atoms with van der Waals surface area (Å²) in [5.74, 6) is 0.310. The molecule has 0 amide bonds. The topological polar surface area (TPSA) is 101 Å². The Bertz CT molecular complexity index is 1460. The van der Waals surface area contributed by atoms with Crippen LogP contribution in [0.25, 0.3) is 17.1 Å². The van der Waals surface area contributed by atoms with Crippen molar-refractivity contribution >= 4 is 11.5 Å². The predicted octanol–water partition coefficient (Wildman–Crippen LogP) is 3.90. The number of nitrogens with zero attached hydrogens (tertiary/aromatic N) is 7. The molecule has 6 heterocycles. The molecule has 0 fully saturated rings. The minimum absolute atomic E-state index is 0.172. The predicted molar refractivity (Wildman–Crippen MR) is 114 cm³/mol. The van der Waals surface area contributed by atoms with Gasteiger partial charge in [-0.15, -0.1) is 5.10 Å². The van der Waals surface area contributed by atoms with E-state index in [1.54, 1.807) is 30.7 Å². The van der Waals surface area contributed by atoms with Crippen LogP contribution in [0, 0.1) is 6.92 Å². The van der Waals surface area contributed by atoms with Crippen LogP contribution in [0.4, 0.5) is 14.8 Å². The highest BCUT2D eigenvalue weighted by Crippen LogP contribution is 2.37. The first-order chi connectivity index (χ1) is 16.1. The van der Waals surface area contributed by atoms with Crippen molar-refractivity contribution < 1.29 is 13.2 Å². The highest BCUT2D eigenvalue weighted by Gasteiger charge is 2.36. The molecule has 6 rings (SSSR count). The van der Waals surface area contributed by atoms with Gasteiger partial charge in [0.25, 0.3) is 12.3 Å². The number of alkyl halides is 2. The number of halogens is 2. The number of fused-ring (bicyclic) bond motifs is 2. The van der Waals surface area contributed by atoms with Crippen LogP contribution in [0.5, 0.6) is 0 Å². The normalized spacial score (nSPS) is 16.0. The van der Waals surface area contributed by atoms with Crippen molar-refractivity contribution in [3.63, 3.8) is 0 Å². The molecule has 11 heteroatoms. The molecule has 1 N–H and O–H groups in total. The first-order valence-corrected chi connectivity index (χ1v) is 10.4. The minimum atomic E-state index is -2.65. The van der Waals surface area contributed by atoms with Gasteiger partial charge in [0.05, 0.1) is 23.2 Å². The molecule has 1 aliphatic heterocycles. The van der Waals surface area contributed by atoms with Crippen molar-refractivity contribution in [3.8, 4) is 11.6 Å². The van der Waals surface area contributed by atoms with Crippen molar-refractivity contribution in [1.29, 1.82) is 0 Å². The van der Waals surface area contributed by atoms with E-state index in [4.69, 9.17) is 4.42 Å². The molecule has 0 saturated heterocycles. The van der Waals surface area contributed by atoms with Crippen LogP contribution in [0.1, 0.15) is 40.8 Å². The summed E-state index contributed by atoms with van der Waals surface area (Å²) in [4.78, 5) is 13.9. The average molecular weight is 448 g/mol. The van der Waals surface area contributed by atoms with Crippen molar-refractivity contribution in [2.45, 2.75) is 25.8 Å². The number of aromatic amines is 1. The fourth-order valence-electron chi connectivity index (χ4n) is 4.27. The van der Waals surface area contributed by atoms with Crippen molar-refractivity contribution in [1.82, 2.24) is 34.8 Å². The summed E-state index contributed by atoms with van der Waals surface area (Å²) in [6, 6.07) is 10.1. The van der Waals surface area contributed by atoms with Gasteiger partial charge in [-0.1, -0.05) is 17.2 Å². The number of pyridine rings is 2. The fourth-order valence-corrected chi connectivity index (χ4v) is 4.27. The fraction of sp³-hybridized carbons (Fsp3) is 0.227. The third-order valence-electron chi connectivity index (χ3n) is 5.84. The molecule has 0 unspecified atom stereocenters. The number of hydrogen-bond acceptors (Lipinski definition) is 7. The Morgan fingerprint density at radius 1 is 1.15 bits per heavy atom. The second kappa shape index (κ2) is 7.47. The Morgan fingerprint density at radius 2 is 2.06 bits per heavy atom. The summed E-state index contributed by atoms with van der Waals surface area (Å²) in [5, 5.41) is 13.0. The van der Waals surface area contributed by atoms with E-state index in [0.717, 1.165) is 17.0 Å². The maximum absolute atomic E-state index is 13.5. The summed E-state index contributed by atoms with van der Waals surface area (Å²) in [7, 11) is 0. The number of hydrogen-bond donors (Lipinski definition) is 1. The van der Waals surface area contributed by atoms with Crippen LogP contribution in [0.3, 0.4) is 0 Å². The van der Waals surface area contributed by atoms with E-state index in [-0.39, 0.29) is 5.69 Å². The Balaban J connectivity index is 1.46. The van der Waals surface area contributed by atoms with Gasteiger partial charge in [0.15, 0.2) is 0 Å². The smallest absolute Gasteiger partial charge is 0.319 e. The third-order valence-corrected chi connectivity index (χ3v) is 5.84. The van der Waals surface area contributed by atoms with Crippen LogP contribution in [0.15, 0.2) is 53.3 Å². The lowest BCUT2D eigenvalue weighted by molar-refractivity contribution is 0.143. The second-order valence-corrected chi connectivity index (χ2v) is 7.83. The number of imidazole rings is 1. The summed E-state index contributed by atoms with van der Waals surface area (Å²) >= 11 is 0. The minimum Gasteiger partial charge on any atom is -0.402 e. The van der Waals surface area contributed by atoms with Crippen LogP contribution < -0.4 is 4.90 Å². The first-order valence-electron chi connectivity index (χ1n) is 10.4. The molecule has 1 aliphatic rings. The van der Waals surface area contributed by atoms with Crippen molar-refractivity contribution in [2.75, 3.05) is 11.4 Å². The molecule has 0 aliphatic carbocycles. The number of rotatable bonds is 4. The summed E-state index contributed by atoms with van der Waals surface area (Å²) in [6.07, 6.45) is 1.33. The molecular weight excluding hydrogens is 430 g/mol. The Labute approximate surface area is 186 Å². The lowest BCUT2D eigenvalue weighted by Crippen LogP contribution is -2.37. The molecule has 0 spiro atoms. The Kier molecular flexibility index (Phi) is 4.42. The maximum Gasteiger partial charge on any atom is 0.319 e. The van der Waals surface area contributed by atoms with E-state index >= 15 is 0 Å². The summed E-state index contributed by atoms with van der Waals surface area (Å²) in [6.45, 7) is 2.47. The highest BCUT2D eigenvalue weighted by atomic mass is 19.3. The van der Waals surface area contributed by atoms with E-state index in [9.17, 15) is 8.78 Å². The van der Waals surface area contributed by atoms with Gasteiger partial charge in [0, 0.05) is 24.9 Å². The highest BCUT2D eigenvalue weighted by molar-refractivity contribution is 5.55. The zero-order valence-corrected chi connectivity index (χ0v) is 17.5. The molecule has 0 radical (unpaired) electrons. The van der Waals surface area contributed by atoms with E-state index in [0.29, 0.717) is 41.8 Å². The van der Waals surface area contributed by atoms with E-state index in [1.165, 1.54) is 10.6 Å². The van der Waals surface area contributed by atoms with Crippen molar-refractivity contribution in [2.24, 2.45) is 0 Å². The molecule has 5 aromatic heterocycles. The largest absolute Gasteiger partial charge is 0.402 e. The monoisotopic (exact) mass is 448 g/mol. The molecule has 5 aromatic rings. The van der Waals surface area contributed by atoms with Gasteiger partial charge in [0.1, 0.15) is 17.4 Å². The van der Waals surface area contributed by atoms with Crippen LogP contribution in [-0.4, -0.2) is 41.3 Å². The number of H-pyrrole nitrogens is 1. The summed E-state index contributed by atoms with van der Waals surface area (Å²) in [5.41, 5.74) is 4.19. The SMILES string of the molecule is Cc1cccnc1-c1nnc(N2CCc3[nH]cnc3[C@@H]2c2cc3cccc(C(F)F)n3n2)o1. The molecule has 0 aromatic carbocycles. The van der Waals surface area contributed by atoms with Gasteiger partial charge >= 0.3 is 6.01 Å². The van der Waals surface area contributed by atoms with E-state index < -0.39 is 12.5 Å². The quantitative estimate of drug-likeness (QED) is 0.445. The van der Waals surface area contributed by atoms with E-state index in [1.807, 2.05) is 24.0 Å². The Hall–Kier alpha value is -4.15. The first kappa shape index (κ1) is 19.5. The standard InChI is InChI=1S/C22H18F2N8O/c1-12-4-3-8-25-17(12)21-28-29-22(33-21)31-9-7-14-18(27-11-26-14)19(31)15-10-13-5-2-6-16(20(23)24)32(13)30-15/h2-6,8,10-11,19-20H,7,9H2,1H3,(H,26,27)/t19-/m0/s1. The summed E-state index contributed by atoms with van der Waals surface area (Å²) < 4.78 is 34.4. The van der Waals surface area contributed by atoms with Gasteiger partial charge in [-0.3, -0.25) is 4.98 Å². The molecule has 166 valence electrons. The Morgan fingerprint density at radius 3 is 2.91 bits per heavy atom. The third kappa shape index (κ3) is 3.15. The van der Waals surface area contributed by atoms with Crippen LogP contribution in [0.2, 0.25) is 0 Å². The average Bonchev–Trinajstić information content (AvgIpc) is 3.56. The second-order valence-electron chi connectivity index (χ2n) is 7.83. The maximum atomic E-state index is 13.5. The molecular formula is C22H18F2N8O. The van der Waals surface area contributed by atoms with Gasteiger partial charge in [0.2, 0.25) is 0 Å². The molecule has 33 heavy (non-hydrogen) atoms. The zero-order chi connectivity index (χ0) is 22.5. The molecule has 0 saturated carbocycles. The van der Waals surface area contributed by atoms with Gasteiger partial charge in [-0.2, -0.15) is 5.10 Å². The van der Waals surface area contributed by atoms with E-state index in [2.05, 4.69) is 30.2 Å². The zero-order valence-electron chi connectivity index (χ0n) is 17.5. The van der Waals surface area contributed by atoms with Gasteiger partial charge in [-0.25, -0.2) is 18.3 Å². The number of aryl methyl sites for hydroxylation is 1. The van der Waals surface area contributed by atoms with Crippen LogP contribution >= 0.6 is 0 Å².